The van der Waals surface area contributed by atoms with E-state index in [1.807, 2.05) is 36.4 Å². The minimum atomic E-state index is -0.934. The summed E-state index contributed by atoms with van der Waals surface area (Å²) in [7, 11) is 1.61. The lowest BCUT2D eigenvalue weighted by Crippen LogP contribution is -2.15. The quantitative estimate of drug-likeness (QED) is 0.404. The summed E-state index contributed by atoms with van der Waals surface area (Å²) in [4.78, 5) is 11.0. The van der Waals surface area contributed by atoms with Gasteiger partial charge < -0.3 is 19.9 Å². The Morgan fingerprint density at radius 1 is 1.07 bits per heavy atom. The number of rotatable bonds is 9. The average Bonchev–Trinajstić information content (AvgIpc) is 2.74. The highest BCUT2D eigenvalue weighted by Crippen LogP contribution is 2.37. The van der Waals surface area contributed by atoms with Crippen LogP contribution in [0, 0.1) is 0 Å². The Morgan fingerprint density at radius 3 is 2.50 bits per heavy atom. The Morgan fingerprint density at radius 2 is 1.83 bits per heavy atom. The van der Waals surface area contributed by atoms with Crippen LogP contribution in [0.1, 0.15) is 27.0 Å². The molecule has 0 aliphatic heterocycles. The summed E-state index contributed by atoms with van der Waals surface area (Å²) in [5.74, 6) is 0.361. The van der Waals surface area contributed by atoms with E-state index >= 15 is 0 Å². The Hall–Kier alpha value is -2.54. The molecule has 30 heavy (non-hydrogen) atoms. The van der Waals surface area contributed by atoms with E-state index in [1.165, 1.54) is 0 Å². The third kappa shape index (κ3) is 5.75. The number of aromatic carboxylic acids is 1. The van der Waals surface area contributed by atoms with E-state index in [0.717, 1.165) is 21.2 Å². The van der Waals surface area contributed by atoms with Crippen molar-refractivity contribution in [2.75, 3.05) is 7.11 Å². The maximum absolute atomic E-state index is 11.0. The fourth-order valence-corrected chi connectivity index (χ4v) is 3.61. The summed E-state index contributed by atoms with van der Waals surface area (Å²) >= 11 is 9.66. The molecule has 0 unspecified atom stereocenters. The molecular weight excluding hydrogens is 470 g/mol. The first-order valence-corrected chi connectivity index (χ1v) is 10.4. The van der Waals surface area contributed by atoms with Gasteiger partial charge in [-0.05, 0) is 47.5 Å². The molecule has 0 aliphatic rings. The molecule has 3 aromatic rings. The van der Waals surface area contributed by atoms with E-state index < -0.39 is 5.97 Å². The lowest BCUT2D eigenvalue weighted by molar-refractivity contribution is 0.0697. The van der Waals surface area contributed by atoms with Gasteiger partial charge in [-0.1, -0.05) is 51.8 Å². The zero-order chi connectivity index (χ0) is 21.5. The molecule has 0 fully saturated rings. The number of benzene rings is 3. The van der Waals surface area contributed by atoms with Crippen molar-refractivity contribution < 1.29 is 19.4 Å². The van der Waals surface area contributed by atoms with Crippen LogP contribution in [0.2, 0.25) is 5.02 Å². The van der Waals surface area contributed by atoms with Gasteiger partial charge in [0.25, 0.3) is 0 Å². The molecular formula is C23H21BrClNO4. The number of carboxylic acids is 1. The van der Waals surface area contributed by atoms with Crippen LogP contribution in [-0.2, 0) is 19.7 Å². The predicted molar refractivity (Wildman–Crippen MR) is 120 cm³/mol. The van der Waals surface area contributed by atoms with Crippen molar-refractivity contribution in [2.24, 2.45) is 0 Å². The first-order valence-electron chi connectivity index (χ1n) is 9.23. The molecule has 0 atom stereocenters. The third-order valence-corrected chi connectivity index (χ3v) is 5.47. The van der Waals surface area contributed by atoms with Gasteiger partial charge in [-0.25, -0.2) is 4.79 Å². The van der Waals surface area contributed by atoms with Crippen molar-refractivity contribution in [3.05, 3.63) is 92.4 Å². The molecule has 5 nitrogen and oxygen atoms in total. The summed E-state index contributed by atoms with van der Waals surface area (Å²) in [6.07, 6.45) is 0. The van der Waals surface area contributed by atoms with Crippen LogP contribution in [0.3, 0.4) is 0 Å². The molecule has 0 spiro atoms. The SMILES string of the molecule is COc1ccc(Br)c(CNCc2ccc(C(=O)O)cc2)c1OCc1cccc(Cl)c1. The van der Waals surface area contributed by atoms with Crippen LogP contribution in [0.4, 0.5) is 0 Å². The van der Waals surface area contributed by atoms with Crippen LogP contribution >= 0.6 is 27.5 Å². The Labute approximate surface area is 188 Å². The van der Waals surface area contributed by atoms with E-state index in [1.54, 1.807) is 31.4 Å². The number of carbonyl (C=O) groups is 1. The number of ether oxygens (including phenoxy) is 2. The first kappa shape index (κ1) is 22.2. The van der Waals surface area contributed by atoms with Gasteiger partial charge in [-0.2, -0.15) is 0 Å². The number of carboxylic acid groups (broad SMARTS) is 1. The standard InChI is InChI=1S/C23H21BrClNO4/c1-29-21-10-9-20(24)19(22(21)30-14-16-3-2-4-18(25)11-16)13-26-12-15-5-7-17(8-6-15)23(27)28/h2-11,26H,12-14H2,1H3,(H,27,28). The molecule has 0 radical (unpaired) electrons. The molecule has 0 bridgehead atoms. The van der Waals surface area contributed by atoms with Crippen molar-refractivity contribution in [3.63, 3.8) is 0 Å². The summed E-state index contributed by atoms with van der Waals surface area (Å²) in [6.45, 7) is 1.47. The average molecular weight is 491 g/mol. The third-order valence-electron chi connectivity index (χ3n) is 4.49. The molecule has 0 amide bonds. The molecule has 0 heterocycles. The summed E-state index contributed by atoms with van der Waals surface area (Å²) < 4.78 is 12.5. The van der Waals surface area contributed by atoms with Crippen LogP contribution in [0.5, 0.6) is 11.5 Å². The van der Waals surface area contributed by atoms with Gasteiger partial charge in [0, 0.05) is 28.1 Å². The van der Waals surface area contributed by atoms with Gasteiger partial charge in [0.2, 0.25) is 0 Å². The van der Waals surface area contributed by atoms with E-state index in [0.29, 0.717) is 36.2 Å². The van der Waals surface area contributed by atoms with E-state index in [-0.39, 0.29) is 5.56 Å². The Balaban J connectivity index is 1.72. The molecule has 0 aromatic heterocycles. The van der Waals surface area contributed by atoms with Gasteiger partial charge in [0.05, 0.1) is 12.7 Å². The molecule has 0 saturated heterocycles. The smallest absolute Gasteiger partial charge is 0.335 e. The zero-order valence-corrected chi connectivity index (χ0v) is 18.7. The van der Waals surface area contributed by atoms with Crippen molar-refractivity contribution in [1.29, 1.82) is 0 Å². The second-order valence-corrected chi connectivity index (χ2v) is 7.87. The zero-order valence-electron chi connectivity index (χ0n) is 16.3. The van der Waals surface area contributed by atoms with Crippen LogP contribution in [0.25, 0.3) is 0 Å². The number of methoxy groups -OCH3 is 1. The fourth-order valence-electron chi connectivity index (χ4n) is 2.95. The van der Waals surface area contributed by atoms with Crippen LogP contribution < -0.4 is 14.8 Å². The van der Waals surface area contributed by atoms with E-state index in [2.05, 4.69) is 21.2 Å². The maximum Gasteiger partial charge on any atom is 0.335 e. The molecule has 3 rings (SSSR count). The monoisotopic (exact) mass is 489 g/mol. The molecule has 7 heteroatoms. The van der Waals surface area contributed by atoms with Crippen molar-refractivity contribution in [3.8, 4) is 11.5 Å². The summed E-state index contributed by atoms with van der Waals surface area (Å²) in [5, 5.41) is 13.0. The van der Waals surface area contributed by atoms with Gasteiger partial charge >= 0.3 is 5.97 Å². The Kier molecular flexibility index (Phi) is 7.74. The van der Waals surface area contributed by atoms with Gasteiger partial charge in [0.15, 0.2) is 11.5 Å². The Bertz CT molecular complexity index is 1020. The predicted octanol–water partition coefficient (Wildman–Crippen LogP) is 5.68. The highest BCUT2D eigenvalue weighted by Gasteiger charge is 2.15. The highest BCUT2D eigenvalue weighted by molar-refractivity contribution is 9.10. The summed E-state index contributed by atoms with van der Waals surface area (Å²) in [5.41, 5.74) is 3.15. The number of halogens is 2. The molecule has 2 N–H and O–H groups in total. The van der Waals surface area contributed by atoms with Gasteiger partial charge in [-0.15, -0.1) is 0 Å². The lowest BCUT2D eigenvalue weighted by atomic mass is 10.1. The minimum absolute atomic E-state index is 0.269. The second kappa shape index (κ2) is 10.5. The topological polar surface area (TPSA) is 67.8 Å². The molecule has 0 saturated carbocycles. The minimum Gasteiger partial charge on any atom is -0.493 e. The molecule has 156 valence electrons. The fraction of sp³-hybridized carbons (Fsp3) is 0.174. The second-order valence-electron chi connectivity index (χ2n) is 6.58. The van der Waals surface area contributed by atoms with Crippen molar-refractivity contribution in [1.82, 2.24) is 5.32 Å². The molecule has 0 aliphatic carbocycles. The van der Waals surface area contributed by atoms with Crippen LogP contribution in [0.15, 0.2) is 65.1 Å². The number of nitrogens with one attached hydrogen (secondary N) is 1. The number of hydrogen-bond acceptors (Lipinski definition) is 4. The lowest BCUT2D eigenvalue weighted by Gasteiger charge is -2.17. The van der Waals surface area contributed by atoms with Crippen molar-refractivity contribution >= 4 is 33.5 Å². The van der Waals surface area contributed by atoms with Gasteiger partial charge in [-0.3, -0.25) is 0 Å². The highest BCUT2D eigenvalue weighted by atomic mass is 79.9. The first-order chi connectivity index (χ1) is 14.5. The largest absolute Gasteiger partial charge is 0.493 e. The number of hydrogen-bond donors (Lipinski definition) is 2. The van der Waals surface area contributed by atoms with Gasteiger partial charge in [0.1, 0.15) is 6.61 Å². The van der Waals surface area contributed by atoms with Crippen molar-refractivity contribution in [2.45, 2.75) is 19.7 Å². The molecule has 3 aromatic carbocycles. The normalized spacial score (nSPS) is 10.6. The van der Waals surface area contributed by atoms with Crippen LogP contribution in [-0.4, -0.2) is 18.2 Å². The maximum atomic E-state index is 11.0. The van der Waals surface area contributed by atoms with E-state index in [4.69, 9.17) is 26.2 Å². The summed E-state index contributed by atoms with van der Waals surface area (Å²) in [6, 6.07) is 18.1. The van der Waals surface area contributed by atoms with E-state index in [9.17, 15) is 4.79 Å².